The van der Waals surface area contributed by atoms with Crippen molar-refractivity contribution < 1.29 is 14.3 Å². The van der Waals surface area contributed by atoms with Crippen LogP contribution >= 0.6 is 23.4 Å². The first-order valence-corrected chi connectivity index (χ1v) is 8.90. The summed E-state index contributed by atoms with van der Waals surface area (Å²) < 4.78 is 4.67. The molecular formula is C19H15ClN2O3S. The summed E-state index contributed by atoms with van der Waals surface area (Å²) in [6.45, 7) is 1.90. The summed E-state index contributed by atoms with van der Waals surface area (Å²) in [5.74, 6) is -0.629. The molecule has 0 saturated carbocycles. The van der Waals surface area contributed by atoms with Crippen molar-refractivity contribution in [3.05, 3.63) is 69.1 Å². The van der Waals surface area contributed by atoms with E-state index in [1.807, 2.05) is 19.1 Å². The third-order valence-electron chi connectivity index (χ3n) is 3.67. The standard InChI is InChI=1S/C19H15ClN2O3S/c1-11-4-3-5-14(16(11)20)21-19-22-17(23)15(26-19)10-12-6-8-13(9-7-12)18(24)25-2/h3-10H,1-2H3,(H,21,22,23)/b15-10+. The maximum absolute atomic E-state index is 12.2. The van der Waals surface area contributed by atoms with E-state index in [1.165, 1.54) is 18.9 Å². The van der Waals surface area contributed by atoms with E-state index in [-0.39, 0.29) is 5.91 Å². The van der Waals surface area contributed by atoms with E-state index < -0.39 is 5.97 Å². The Morgan fingerprint density at radius 1 is 1.23 bits per heavy atom. The van der Waals surface area contributed by atoms with Gasteiger partial charge in [0.05, 0.1) is 28.3 Å². The van der Waals surface area contributed by atoms with E-state index in [0.717, 1.165) is 11.1 Å². The monoisotopic (exact) mass is 386 g/mol. The molecule has 1 fully saturated rings. The minimum Gasteiger partial charge on any atom is -0.465 e. The number of nitrogens with one attached hydrogen (secondary N) is 1. The lowest BCUT2D eigenvalue weighted by molar-refractivity contribution is -0.115. The highest BCUT2D eigenvalue weighted by atomic mass is 35.5. The number of nitrogens with zero attached hydrogens (tertiary/aromatic N) is 1. The Kier molecular flexibility index (Phi) is 5.44. The molecule has 5 nitrogen and oxygen atoms in total. The molecule has 1 amide bonds. The zero-order valence-electron chi connectivity index (χ0n) is 14.1. The summed E-state index contributed by atoms with van der Waals surface area (Å²) in [7, 11) is 1.33. The van der Waals surface area contributed by atoms with Crippen molar-refractivity contribution in [3.63, 3.8) is 0 Å². The quantitative estimate of drug-likeness (QED) is 0.629. The van der Waals surface area contributed by atoms with Crippen LogP contribution in [0, 0.1) is 6.92 Å². The number of carbonyl (C=O) groups excluding carboxylic acids is 2. The SMILES string of the molecule is COC(=O)c1ccc(/C=C2/SC(=Nc3cccc(C)c3Cl)NC2=O)cc1. The fourth-order valence-corrected chi connectivity index (χ4v) is 3.30. The topological polar surface area (TPSA) is 67.8 Å². The van der Waals surface area contributed by atoms with Crippen LogP contribution in [-0.2, 0) is 9.53 Å². The molecule has 0 aliphatic carbocycles. The number of carbonyl (C=O) groups is 2. The predicted molar refractivity (Wildman–Crippen MR) is 105 cm³/mol. The van der Waals surface area contributed by atoms with Crippen LogP contribution < -0.4 is 5.32 Å². The van der Waals surface area contributed by atoms with Crippen LogP contribution in [0.2, 0.25) is 5.02 Å². The van der Waals surface area contributed by atoms with Crippen LogP contribution in [-0.4, -0.2) is 24.2 Å². The van der Waals surface area contributed by atoms with Gasteiger partial charge in [-0.05, 0) is 54.1 Å². The Morgan fingerprint density at radius 2 is 1.96 bits per heavy atom. The Hall–Kier alpha value is -2.57. The number of hydrogen-bond donors (Lipinski definition) is 1. The van der Waals surface area contributed by atoms with E-state index in [1.54, 1.807) is 36.4 Å². The number of benzene rings is 2. The highest BCUT2D eigenvalue weighted by molar-refractivity contribution is 8.18. The second-order valence-electron chi connectivity index (χ2n) is 5.50. The number of amidine groups is 1. The van der Waals surface area contributed by atoms with E-state index in [0.29, 0.717) is 26.3 Å². The van der Waals surface area contributed by atoms with Gasteiger partial charge in [0.25, 0.3) is 5.91 Å². The van der Waals surface area contributed by atoms with E-state index in [9.17, 15) is 9.59 Å². The second-order valence-corrected chi connectivity index (χ2v) is 6.91. The zero-order chi connectivity index (χ0) is 18.7. The number of ether oxygens (including phenoxy) is 1. The van der Waals surface area contributed by atoms with Crippen LogP contribution in [0.1, 0.15) is 21.5 Å². The molecule has 0 atom stereocenters. The molecule has 26 heavy (non-hydrogen) atoms. The van der Waals surface area contributed by atoms with Gasteiger partial charge in [-0.2, -0.15) is 0 Å². The lowest BCUT2D eigenvalue weighted by atomic mass is 10.1. The minimum absolute atomic E-state index is 0.227. The van der Waals surface area contributed by atoms with E-state index in [2.05, 4.69) is 15.0 Å². The number of amides is 1. The third kappa shape index (κ3) is 3.98. The smallest absolute Gasteiger partial charge is 0.337 e. The number of methoxy groups -OCH3 is 1. The van der Waals surface area contributed by atoms with Gasteiger partial charge in [0, 0.05) is 0 Å². The lowest BCUT2D eigenvalue weighted by Gasteiger charge is -2.02. The summed E-state index contributed by atoms with van der Waals surface area (Å²) >= 11 is 7.48. The molecule has 0 spiro atoms. The maximum atomic E-state index is 12.2. The normalized spacial score (nSPS) is 16.8. The third-order valence-corrected chi connectivity index (χ3v) is 5.08. The Labute approximate surface area is 160 Å². The Morgan fingerprint density at radius 3 is 2.65 bits per heavy atom. The Bertz CT molecular complexity index is 936. The molecule has 1 aliphatic rings. The van der Waals surface area contributed by atoms with Crippen molar-refractivity contribution in [1.29, 1.82) is 0 Å². The average molecular weight is 387 g/mol. The molecule has 1 saturated heterocycles. The number of aryl methyl sites for hydroxylation is 1. The molecule has 2 aromatic rings. The van der Waals surface area contributed by atoms with Crippen molar-refractivity contribution in [2.45, 2.75) is 6.92 Å². The molecule has 0 aromatic heterocycles. The number of rotatable bonds is 3. The zero-order valence-corrected chi connectivity index (χ0v) is 15.6. The summed E-state index contributed by atoms with van der Waals surface area (Å²) in [5.41, 5.74) is 2.78. The van der Waals surface area contributed by atoms with E-state index in [4.69, 9.17) is 11.6 Å². The van der Waals surface area contributed by atoms with Gasteiger partial charge in [0.2, 0.25) is 0 Å². The molecule has 0 unspecified atom stereocenters. The van der Waals surface area contributed by atoms with Crippen LogP contribution in [0.5, 0.6) is 0 Å². The first-order valence-electron chi connectivity index (χ1n) is 7.71. The van der Waals surface area contributed by atoms with Gasteiger partial charge >= 0.3 is 5.97 Å². The minimum atomic E-state index is -0.401. The van der Waals surface area contributed by atoms with Gasteiger partial charge in [-0.1, -0.05) is 35.9 Å². The van der Waals surface area contributed by atoms with Crippen molar-refractivity contribution >= 4 is 52.2 Å². The number of halogens is 1. The molecular weight excluding hydrogens is 372 g/mol. The molecule has 132 valence electrons. The number of aliphatic imine (C=N–C) groups is 1. The van der Waals surface area contributed by atoms with Crippen LogP contribution in [0.25, 0.3) is 6.08 Å². The highest BCUT2D eigenvalue weighted by Gasteiger charge is 2.24. The highest BCUT2D eigenvalue weighted by Crippen LogP contribution is 2.32. The molecule has 2 aromatic carbocycles. The average Bonchev–Trinajstić information content (AvgIpc) is 2.98. The van der Waals surface area contributed by atoms with Crippen LogP contribution in [0.3, 0.4) is 0 Å². The molecule has 7 heteroatoms. The summed E-state index contributed by atoms with van der Waals surface area (Å²) in [4.78, 5) is 28.6. The molecule has 0 bridgehead atoms. The lowest BCUT2D eigenvalue weighted by Crippen LogP contribution is -2.19. The summed E-state index contributed by atoms with van der Waals surface area (Å²) in [6.07, 6.45) is 1.74. The fourth-order valence-electron chi connectivity index (χ4n) is 2.29. The molecule has 0 radical (unpaired) electrons. The second kappa shape index (κ2) is 7.76. The molecule has 1 N–H and O–H groups in total. The fraction of sp³-hybridized carbons (Fsp3) is 0.105. The summed E-state index contributed by atoms with van der Waals surface area (Å²) in [6, 6.07) is 12.4. The summed E-state index contributed by atoms with van der Waals surface area (Å²) in [5, 5.41) is 3.76. The van der Waals surface area contributed by atoms with Crippen LogP contribution in [0.4, 0.5) is 5.69 Å². The van der Waals surface area contributed by atoms with Gasteiger partial charge in [0.15, 0.2) is 5.17 Å². The van der Waals surface area contributed by atoms with Gasteiger partial charge in [-0.25, -0.2) is 9.79 Å². The number of hydrogen-bond acceptors (Lipinski definition) is 5. The van der Waals surface area contributed by atoms with Gasteiger partial charge in [-0.3, -0.25) is 4.79 Å². The van der Waals surface area contributed by atoms with E-state index >= 15 is 0 Å². The van der Waals surface area contributed by atoms with Gasteiger partial charge in [-0.15, -0.1) is 0 Å². The first kappa shape index (κ1) is 18.2. The van der Waals surface area contributed by atoms with Gasteiger partial charge in [0.1, 0.15) is 0 Å². The number of thioether (sulfide) groups is 1. The maximum Gasteiger partial charge on any atom is 0.337 e. The van der Waals surface area contributed by atoms with Gasteiger partial charge < -0.3 is 10.1 Å². The first-order chi connectivity index (χ1) is 12.5. The van der Waals surface area contributed by atoms with Crippen molar-refractivity contribution in [2.75, 3.05) is 7.11 Å². The number of esters is 1. The predicted octanol–water partition coefficient (Wildman–Crippen LogP) is 4.33. The van der Waals surface area contributed by atoms with Crippen molar-refractivity contribution in [1.82, 2.24) is 5.32 Å². The largest absolute Gasteiger partial charge is 0.465 e. The Balaban J connectivity index is 1.81. The molecule has 1 heterocycles. The van der Waals surface area contributed by atoms with Crippen LogP contribution in [0.15, 0.2) is 52.4 Å². The van der Waals surface area contributed by atoms with Crippen molar-refractivity contribution in [2.24, 2.45) is 4.99 Å². The molecule has 3 rings (SSSR count). The molecule has 1 aliphatic heterocycles. The van der Waals surface area contributed by atoms with Crippen molar-refractivity contribution in [3.8, 4) is 0 Å².